The van der Waals surface area contributed by atoms with E-state index in [1.165, 1.54) is 4.88 Å². The lowest BCUT2D eigenvalue weighted by molar-refractivity contribution is -0.144. The van der Waals surface area contributed by atoms with Crippen LogP contribution in [0.1, 0.15) is 27.9 Å². The summed E-state index contributed by atoms with van der Waals surface area (Å²) in [5.74, 6) is -0.775. The van der Waals surface area contributed by atoms with Crippen LogP contribution in [0.25, 0.3) is 0 Å². The molecule has 0 aliphatic carbocycles. The molecular formula is C14H17N3O2S. The third kappa shape index (κ3) is 2.25. The summed E-state index contributed by atoms with van der Waals surface area (Å²) in [5.41, 5.74) is 2.96. The van der Waals surface area contributed by atoms with E-state index in [-0.39, 0.29) is 0 Å². The van der Waals surface area contributed by atoms with Gasteiger partial charge in [-0.15, -0.1) is 11.3 Å². The van der Waals surface area contributed by atoms with Crippen LogP contribution in [0.3, 0.4) is 0 Å². The van der Waals surface area contributed by atoms with E-state index in [1.807, 2.05) is 41.1 Å². The van der Waals surface area contributed by atoms with Crippen molar-refractivity contribution in [1.82, 2.24) is 14.7 Å². The fourth-order valence-corrected chi connectivity index (χ4v) is 3.75. The number of rotatable bonds is 3. The fourth-order valence-electron chi connectivity index (χ4n) is 2.85. The second-order valence-electron chi connectivity index (χ2n) is 5.16. The van der Waals surface area contributed by atoms with Gasteiger partial charge in [0.15, 0.2) is 0 Å². The Kier molecular flexibility index (Phi) is 3.35. The number of aromatic nitrogens is 2. The van der Waals surface area contributed by atoms with Gasteiger partial charge in [-0.25, -0.2) is 0 Å². The second-order valence-corrected chi connectivity index (χ2v) is 6.16. The normalized spacial score (nSPS) is 19.0. The first-order chi connectivity index (χ1) is 9.56. The highest BCUT2D eigenvalue weighted by Crippen LogP contribution is 2.34. The molecule has 0 fully saturated rings. The van der Waals surface area contributed by atoms with Gasteiger partial charge >= 0.3 is 5.97 Å². The SMILES string of the molecule is Cc1cc(CN2CCc3sccc3C2C(=O)O)n(C)n1. The Labute approximate surface area is 121 Å². The number of nitrogens with zero attached hydrogens (tertiary/aromatic N) is 3. The molecule has 0 radical (unpaired) electrons. The van der Waals surface area contributed by atoms with Gasteiger partial charge < -0.3 is 5.11 Å². The van der Waals surface area contributed by atoms with E-state index in [9.17, 15) is 9.90 Å². The van der Waals surface area contributed by atoms with Gasteiger partial charge in [-0.05, 0) is 36.4 Å². The van der Waals surface area contributed by atoms with Gasteiger partial charge in [0.1, 0.15) is 6.04 Å². The fraction of sp³-hybridized carbons (Fsp3) is 0.429. The monoisotopic (exact) mass is 291 g/mol. The van der Waals surface area contributed by atoms with Crippen molar-refractivity contribution in [2.24, 2.45) is 7.05 Å². The Balaban J connectivity index is 1.90. The molecule has 0 saturated carbocycles. The number of carbonyl (C=O) groups is 1. The van der Waals surface area contributed by atoms with Crippen molar-refractivity contribution < 1.29 is 9.90 Å². The summed E-state index contributed by atoms with van der Waals surface area (Å²) in [6.45, 7) is 3.34. The van der Waals surface area contributed by atoms with E-state index in [4.69, 9.17) is 0 Å². The number of aliphatic carboxylic acids is 1. The Hall–Kier alpha value is -1.66. The standard InChI is InChI=1S/C14H17N3O2S/c1-9-7-10(16(2)15-9)8-17-5-3-12-11(4-6-20-12)13(17)14(18)19/h4,6-7,13H,3,5,8H2,1-2H3,(H,18,19). The molecule has 6 heteroatoms. The predicted molar refractivity (Wildman–Crippen MR) is 76.8 cm³/mol. The average molecular weight is 291 g/mol. The van der Waals surface area contributed by atoms with Gasteiger partial charge in [0, 0.05) is 25.0 Å². The molecule has 1 atom stereocenters. The number of hydrogen-bond acceptors (Lipinski definition) is 4. The molecule has 0 amide bonds. The van der Waals surface area contributed by atoms with Crippen LogP contribution in [0, 0.1) is 6.92 Å². The van der Waals surface area contributed by atoms with E-state index >= 15 is 0 Å². The molecule has 3 heterocycles. The zero-order valence-electron chi connectivity index (χ0n) is 11.5. The first-order valence-corrected chi connectivity index (χ1v) is 7.47. The Morgan fingerprint density at radius 1 is 1.60 bits per heavy atom. The van der Waals surface area contributed by atoms with Gasteiger partial charge in [0.05, 0.1) is 11.4 Å². The summed E-state index contributed by atoms with van der Waals surface area (Å²) in [6.07, 6.45) is 0.924. The van der Waals surface area contributed by atoms with Crippen molar-refractivity contribution in [3.63, 3.8) is 0 Å². The zero-order valence-corrected chi connectivity index (χ0v) is 12.4. The van der Waals surface area contributed by atoms with Crippen LogP contribution < -0.4 is 0 Å². The lowest BCUT2D eigenvalue weighted by Gasteiger charge is -2.32. The van der Waals surface area contributed by atoms with Gasteiger partial charge in [0.2, 0.25) is 0 Å². The first kappa shape index (κ1) is 13.3. The highest BCUT2D eigenvalue weighted by atomic mass is 32.1. The molecule has 2 aromatic rings. The number of carboxylic acids is 1. The maximum atomic E-state index is 11.6. The minimum atomic E-state index is -0.775. The topological polar surface area (TPSA) is 58.4 Å². The number of carboxylic acid groups (broad SMARTS) is 1. The van der Waals surface area contributed by atoms with Crippen molar-refractivity contribution >= 4 is 17.3 Å². The summed E-state index contributed by atoms with van der Waals surface area (Å²) in [4.78, 5) is 14.9. The molecule has 106 valence electrons. The van der Waals surface area contributed by atoms with Crippen LogP contribution in [-0.4, -0.2) is 32.3 Å². The van der Waals surface area contributed by atoms with Gasteiger partial charge in [0.25, 0.3) is 0 Å². The third-order valence-corrected chi connectivity index (χ3v) is 4.76. The van der Waals surface area contributed by atoms with E-state index in [1.54, 1.807) is 11.3 Å². The van der Waals surface area contributed by atoms with Crippen molar-refractivity contribution in [2.75, 3.05) is 6.54 Å². The molecule has 2 aromatic heterocycles. The van der Waals surface area contributed by atoms with Crippen LogP contribution in [0.15, 0.2) is 17.5 Å². The largest absolute Gasteiger partial charge is 0.480 e. The van der Waals surface area contributed by atoms with E-state index < -0.39 is 12.0 Å². The quantitative estimate of drug-likeness (QED) is 0.939. The van der Waals surface area contributed by atoms with Crippen LogP contribution in [0.5, 0.6) is 0 Å². The minimum absolute atomic E-state index is 0.541. The molecule has 20 heavy (non-hydrogen) atoms. The molecular weight excluding hydrogens is 274 g/mol. The van der Waals surface area contributed by atoms with Crippen molar-refractivity contribution in [2.45, 2.75) is 25.9 Å². The summed E-state index contributed by atoms with van der Waals surface area (Å²) in [5, 5.41) is 15.9. The predicted octanol–water partition coefficient (Wildman–Crippen LogP) is 1.97. The van der Waals surface area contributed by atoms with Crippen LogP contribution in [0.4, 0.5) is 0 Å². The summed E-state index contributed by atoms with van der Waals surface area (Å²) >= 11 is 1.65. The van der Waals surface area contributed by atoms with E-state index in [2.05, 4.69) is 5.10 Å². The summed E-state index contributed by atoms with van der Waals surface area (Å²) < 4.78 is 1.83. The van der Waals surface area contributed by atoms with Gasteiger partial charge in [-0.3, -0.25) is 14.4 Å². The minimum Gasteiger partial charge on any atom is -0.480 e. The van der Waals surface area contributed by atoms with Crippen molar-refractivity contribution in [3.05, 3.63) is 39.3 Å². The Morgan fingerprint density at radius 3 is 3.05 bits per heavy atom. The van der Waals surface area contributed by atoms with E-state index in [0.29, 0.717) is 6.54 Å². The number of fused-ring (bicyclic) bond motifs is 1. The van der Waals surface area contributed by atoms with Gasteiger partial charge in [-0.2, -0.15) is 5.10 Å². The Morgan fingerprint density at radius 2 is 2.40 bits per heavy atom. The maximum absolute atomic E-state index is 11.6. The molecule has 1 aliphatic rings. The smallest absolute Gasteiger partial charge is 0.325 e. The molecule has 1 unspecified atom stereocenters. The van der Waals surface area contributed by atoms with Crippen LogP contribution >= 0.6 is 11.3 Å². The van der Waals surface area contributed by atoms with Crippen molar-refractivity contribution in [1.29, 1.82) is 0 Å². The number of hydrogen-bond donors (Lipinski definition) is 1. The third-order valence-electron chi connectivity index (χ3n) is 3.76. The molecule has 1 N–H and O–H groups in total. The highest BCUT2D eigenvalue weighted by molar-refractivity contribution is 7.10. The summed E-state index contributed by atoms with van der Waals surface area (Å²) in [6, 6.07) is 3.42. The molecule has 0 bridgehead atoms. The highest BCUT2D eigenvalue weighted by Gasteiger charge is 2.34. The summed E-state index contributed by atoms with van der Waals surface area (Å²) in [7, 11) is 1.90. The maximum Gasteiger partial charge on any atom is 0.325 e. The average Bonchev–Trinajstić information content (AvgIpc) is 2.95. The van der Waals surface area contributed by atoms with Crippen LogP contribution in [0.2, 0.25) is 0 Å². The molecule has 3 rings (SSSR count). The lowest BCUT2D eigenvalue weighted by atomic mass is 10.00. The van der Waals surface area contributed by atoms with E-state index in [0.717, 1.165) is 29.9 Å². The number of aryl methyl sites for hydroxylation is 2. The second kappa shape index (κ2) is 5.03. The molecule has 5 nitrogen and oxygen atoms in total. The van der Waals surface area contributed by atoms with Crippen molar-refractivity contribution in [3.8, 4) is 0 Å². The molecule has 1 aliphatic heterocycles. The first-order valence-electron chi connectivity index (χ1n) is 6.59. The molecule has 0 aromatic carbocycles. The van der Waals surface area contributed by atoms with Gasteiger partial charge in [-0.1, -0.05) is 0 Å². The lowest BCUT2D eigenvalue weighted by Crippen LogP contribution is -2.39. The van der Waals surface area contributed by atoms with Crippen LogP contribution in [-0.2, 0) is 24.8 Å². The molecule has 0 spiro atoms. The zero-order chi connectivity index (χ0) is 14.3. The molecule has 0 saturated heterocycles. The Bertz CT molecular complexity index is 647. The number of thiophene rings is 1.